The van der Waals surface area contributed by atoms with E-state index in [2.05, 4.69) is 21.3 Å². The number of nitrogens with zero attached hydrogens (tertiary/aromatic N) is 4. The van der Waals surface area contributed by atoms with Gasteiger partial charge < -0.3 is 40.9 Å². The van der Waals surface area contributed by atoms with Crippen LogP contribution in [0, 0.1) is 0 Å². The lowest BCUT2D eigenvalue weighted by molar-refractivity contribution is -0.132. The van der Waals surface area contributed by atoms with Crippen LogP contribution >= 0.6 is 0 Å². The summed E-state index contributed by atoms with van der Waals surface area (Å²) in [4.78, 5) is 55.9. The van der Waals surface area contributed by atoms with E-state index in [1.165, 1.54) is 12.8 Å². The molecule has 0 aromatic heterocycles. The van der Waals surface area contributed by atoms with Gasteiger partial charge in [0.1, 0.15) is 0 Å². The molecule has 0 aliphatic carbocycles. The van der Waals surface area contributed by atoms with Crippen LogP contribution in [-0.2, 0) is 19.2 Å². The molecule has 0 bridgehead atoms. The lowest BCUT2D eigenvalue weighted by Crippen LogP contribution is -2.46. The minimum Gasteiger partial charge on any atom is -0.340 e. The third-order valence-electron chi connectivity index (χ3n) is 9.69. The lowest BCUT2D eigenvalue weighted by atomic mass is 10.1. The second-order valence-electron chi connectivity index (χ2n) is 13.4. The molecule has 0 atom stereocenters. The fourth-order valence-corrected chi connectivity index (χ4v) is 6.63. The second kappa shape index (κ2) is 24.8. The molecule has 4 fully saturated rings. The molecule has 0 unspecified atom stereocenters. The summed E-state index contributed by atoms with van der Waals surface area (Å²) in [5.41, 5.74) is 0. The first-order valence-electron chi connectivity index (χ1n) is 19.0. The molecule has 4 aliphatic rings. The lowest BCUT2D eigenvalue weighted by Gasteiger charge is -2.27. The highest BCUT2D eigenvalue weighted by Crippen LogP contribution is 2.12. The zero-order valence-corrected chi connectivity index (χ0v) is 29.3. The Hall–Kier alpha value is -2.28. The summed E-state index contributed by atoms with van der Waals surface area (Å²) in [6, 6.07) is 0. The van der Waals surface area contributed by atoms with Crippen LogP contribution in [0.2, 0.25) is 0 Å². The fourth-order valence-electron chi connectivity index (χ4n) is 6.63. The quantitative estimate of drug-likeness (QED) is 0.173. The van der Waals surface area contributed by atoms with Crippen molar-refractivity contribution in [2.24, 2.45) is 0 Å². The first-order valence-corrected chi connectivity index (χ1v) is 19.0. The monoisotopic (exact) mass is 663 g/mol. The molecule has 0 aromatic rings. The third kappa shape index (κ3) is 17.1. The maximum absolute atomic E-state index is 12.0. The molecule has 270 valence electrons. The Morgan fingerprint density at radius 1 is 0.298 bits per heavy atom. The third-order valence-corrected chi connectivity index (χ3v) is 9.69. The van der Waals surface area contributed by atoms with Gasteiger partial charge in [0, 0.05) is 130 Å². The fraction of sp³-hybridized carbons (Fsp3) is 0.886. The zero-order chi connectivity index (χ0) is 33.4. The van der Waals surface area contributed by atoms with E-state index in [1.54, 1.807) is 0 Å². The Morgan fingerprint density at radius 3 is 0.660 bits per heavy atom. The van der Waals surface area contributed by atoms with Crippen molar-refractivity contribution in [1.29, 1.82) is 0 Å². The van der Waals surface area contributed by atoms with Crippen molar-refractivity contribution in [3.63, 3.8) is 0 Å². The number of hydrogen-bond acceptors (Lipinski definition) is 8. The zero-order valence-electron chi connectivity index (χ0n) is 29.3. The smallest absolute Gasteiger partial charge is 0.222 e. The van der Waals surface area contributed by atoms with Crippen LogP contribution < -0.4 is 21.3 Å². The summed E-state index contributed by atoms with van der Waals surface area (Å²) in [7, 11) is 0. The van der Waals surface area contributed by atoms with Gasteiger partial charge in [-0.1, -0.05) is 44.9 Å². The van der Waals surface area contributed by atoms with Crippen molar-refractivity contribution >= 4 is 23.6 Å². The predicted molar refractivity (Wildman–Crippen MR) is 187 cm³/mol. The van der Waals surface area contributed by atoms with Crippen molar-refractivity contribution in [3.8, 4) is 0 Å². The first-order chi connectivity index (χ1) is 23.0. The molecule has 4 aliphatic heterocycles. The van der Waals surface area contributed by atoms with E-state index in [0.29, 0.717) is 49.3 Å². The molecule has 4 saturated heterocycles. The van der Waals surface area contributed by atoms with Gasteiger partial charge in [-0.15, -0.1) is 0 Å². The molecule has 4 heterocycles. The molecule has 0 spiro atoms. The van der Waals surface area contributed by atoms with Crippen LogP contribution in [-0.4, -0.2) is 148 Å². The van der Waals surface area contributed by atoms with E-state index in [1.807, 2.05) is 19.6 Å². The van der Waals surface area contributed by atoms with Crippen LogP contribution in [0.5, 0.6) is 0 Å². The average Bonchev–Trinajstić information content (AvgIpc) is 3.13. The van der Waals surface area contributed by atoms with Crippen molar-refractivity contribution < 1.29 is 19.2 Å². The highest BCUT2D eigenvalue weighted by molar-refractivity contribution is 5.77. The van der Waals surface area contributed by atoms with Gasteiger partial charge >= 0.3 is 0 Å². The number of piperazine rings is 4. The van der Waals surface area contributed by atoms with Gasteiger partial charge in [0.15, 0.2) is 0 Å². The molecule has 47 heavy (non-hydrogen) atoms. The molecule has 4 amide bonds. The van der Waals surface area contributed by atoms with E-state index in [0.717, 1.165) is 163 Å². The highest BCUT2D eigenvalue weighted by Gasteiger charge is 2.18. The molecular weight excluding hydrogens is 596 g/mol. The molecule has 12 nitrogen and oxygen atoms in total. The number of unbranched alkanes of at least 4 members (excludes halogenated alkanes) is 9. The van der Waals surface area contributed by atoms with Crippen LogP contribution in [0.15, 0.2) is 0 Å². The van der Waals surface area contributed by atoms with Gasteiger partial charge in [0.05, 0.1) is 0 Å². The molecule has 12 heteroatoms. The predicted octanol–water partition coefficient (Wildman–Crippen LogP) is 1.55. The first kappa shape index (κ1) is 39.2. The largest absolute Gasteiger partial charge is 0.340 e. The Labute approximate surface area is 284 Å². The van der Waals surface area contributed by atoms with Gasteiger partial charge in [-0.05, 0) is 25.7 Å². The number of carbonyl (C=O) groups is 4. The Balaban J connectivity index is 0.000000256. The molecule has 0 radical (unpaired) electrons. The Bertz CT molecular complexity index is 813. The molecule has 0 aromatic carbocycles. The average molecular weight is 663 g/mol. The number of nitrogens with one attached hydrogen (secondary N) is 4. The van der Waals surface area contributed by atoms with Gasteiger partial charge in [-0.2, -0.15) is 0 Å². The van der Waals surface area contributed by atoms with Gasteiger partial charge in [-0.25, -0.2) is 0 Å². The van der Waals surface area contributed by atoms with Crippen LogP contribution in [0.1, 0.15) is 96.3 Å². The van der Waals surface area contributed by atoms with E-state index in [-0.39, 0.29) is 0 Å². The highest BCUT2D eigenvalue weighted by atomic mass is 16.2. The summed E-state index contributed by atoms with van der Waals surface area (Å²) >= 11 is 0. The van der Waals surface area contributed by atoms with Gasteiger partial charge in [0.2, 0.25) is 23.6 Å². The maximum atomic E-state index is 12.0. The van der Waals surface area contributed by atoms with Crippen LogP contribution in [0.25, 0.3) is 0 Å². The maximum Gasteiger partial charge on any atom is 0.222 e. The number of carbonyl (C=O) groups excluding carboxylic acids is 4. The Morgan fingerprint density at radius 2 is 0.468 bits per heavy atom. The summed E-state index contributed by atoms with van der Waals surface area (Å²) in [6.45, 7) is 14.3. The number of rotatable bonds is 17. The van der Waals surface area contributed by atoms with Crippen molar-refractivity contribution in [2.75, 3.05) is 105 Å². The van der Waals surface area contributed by atoms with E-state index < -0.39 is 0 Å². The molecule has 4 rings (SSSR count). The topological polar surface area (TPSA) is 129 Å². The normalized spacial score (nSPS) is 18.8. The summed E-state index contributed by atoms with van der Waals surface area (Å²) in [5.74, 6) is 1.25. The molecular formula is C35H66N8O4. The van der Waals surface area contributed by atoms with Gasteiger partial charge in [0.25, 0.3) is 0 Å². The van der Waals surface area contributed by atoms with Crippen LogP contribution in [0.3, 0.4) is 0 Å². The van der Waals surface area contributed by atoms with Crippen molar-refractivity contribution in [3.05, 3.63) is 0 Å². The number of amides is 4. The standard InChI is InChI=1S/C18H34N4O2.C17H32N4O2/c23-17(21-13-9-19-10-14-21)7-5-3-1-2-4-6-8-18(24)22-15-11-20-12-16-22;22-16(20-12-8-18-9-13-20)6-4-2-1-3-5-7-17(23)21-14-10-19-11-15-21/h19-20H,1-16H2;18-19H,1-15H2. The summed E-state index contributed by atoms with van der Waals surface area (Å²) < 4.78 is 0. The van der Waals surface area contributed by atoms with Crippen molar-refractivity contribution in [2.45, 2.75) is 96.3 Å². The van der Waals surface area contributed by atoms with Crippen LogP contribution in [0.4, 0.5) is 0 Å². The summed E-state index contributed by atoms with van der Waals surface area (Å²) in [5, 5.41) is 13.1. The second-order valence-corrected chi connectivity index (χ2v) is 13.4. The van der Waals surface area contributed by atoms with E-state index in [9.17, 15) is 19.2 Å². The van der Waals surface area contributed by atoms with E-state index >= 15 is 0 Å². The van der Waals surface area contributed by atoms with E-state index in [4.69, 9.17) is 0 Å². The number of hydrogen-bond donors (Lipinski definition) is 4. The summed E-state index contributed by atoms with van der Waals surface area (Å²) in [6.07, 6.45) is 14.7. The molecule has 4 N–H and O–H groups in total. The SMILES string of the molecule is O=C(CCCCCCCC(=O)N1CCNCC1)N1CCNCC1.O=C(CCCCCCCCC(=O)N1CCNCC1)N1CCNCC1. The van der Waals surface area contributed by atoms with Gasteiger partial charge in [-0.3, -0.25) is 19.2 Å². The molecule has 0 saturated carbocycles. The minimum atomic E-state index is 0.306. The minimum absolute atomic E-state index is 0.306. The van der Waals surface area contributed by atoms with Crippen molar-refractivity contribution in [1.82, 2.24) is 40.9 Å². The Kier molecular flexibility index (Phi) is 20.7.